The third-order valence-corrected chi connectivity index (χ3v) is 2.53. The third-order valence-electron chi connectivity index (χ3n) is 2.53. The molecule has 0 amide bonds. The van der Waals surface area contributed by atoms with Gasteiger partial charge in [0.2, 0.25) is 0 Å². The van der Waals surface area contributed by atoms with Crippen LogP contribution in [0, 0.1) is 0 Å². The molecule has 0 aromatic carbocycles. The zero-order valence-electron chi connectivity index (χ0n) is 11.1. The van der Waals surface area contributed by atoms with Gasteiger partial charge >= 0.3 is 42.4 Å². The van der Waals surface area contributed by atoms with Gasteiger partial charge in [0.15, 0.2) is 0 Å². The third kappa shape index (κ3) is 3.47. The van der Waals surface area contributed by atoms with Gasteiger partial charge in [-0.1, -0.05) is 4.90 Å². The average molecular weight is 411 g/mol. The van der Waals surface area contributed by atoms with Gasteiger partial charge in [-0.15, -0.1) is 0 Å². The van der Waals surface area contributed by atoms with Crippen molar-refractivity contribution in [1.82, 2.24) is 4.90 Å². The van der Waals surface area contributed by atoms with E-state index in [-0.39, 0.29) is 0 Å². The van der Waals surface area contributed by atoms with Gasteiger partial charge < -0.3 is 4.74 Å². The average Bonchev–Trinajstić information content (AvgIpc) is 2.32. The van der Waals surface area contributed by atoms with E-state index in [1.165, 1.54) is 0 Å². The predicted molar refractivity (Wildman–Crippen MR) is 45.8 cm³/mol. The van der Waals surface area contributed by atoms with E-state index in [0.717, 1.165) is 0 Å². The van der Waals surface area contributed by atoms with Gasteiger partial charge in [0, 0.05) is 7.11 Å². The Bertz CT molecular complexity index is 496. The number of carbonyl (C=O) groups is 1. The first-order valence-corrected chi connectivity index (χ1v) is 5.13. The second-order valence-electron chi connectivity index (χ2n) is 4.04. The number of rotatable bonds is 6. The van der Waals surface area contributed by atoms with E-state index in [2.05, 4.69) is 4.74 Å². The van der Waals surface area contributed by atoms with Gasteiger partial charge in [-0.25, -0.2) is 4.39 Å². The summed E-state index contributed by atoms with van der Waals surface area (Å²) in [5, 5.41) is 0. The van der Waals surface area contributed by atoms with Crippen LogP contribution in [-0.2, 0) is 9.53 Å². The Kier molecular flexibility index (Phi) is 5.76. The fourth-order valence-corrected chi connectivity index (χ4v) is 1.38. The normalized spacial score (nSPS) is 17.6. The van der Waals surface area contributed by atoms with Crippen LogP contribution >= 0.6 is 0 Å². The van der Waals surface area contributed by atoms with Crippen molar-refractivity contribution in [1.29, 1.82) is 0 Å². The van der Waals surface area contributed by atoms with Crippen LogP contribution in [0.5, 0.6) is 0 Å². The first-order valence-electron chi connectivity index (χ1n) is 5.13. The maximum atomic E-state index is 13.6. The van der Waals surface area contributed by atoms with Crippen molar-refractivity contribution < 1.29 is 71.0 Å². The van der Waals surface area contributed by atoms with E-state index in [0.29, 0.717) is 0 Å². The smallest absolute Gasteiger partial charge is 0.319 e. The minimum atomic E-state index is -7.92. The highest BCUT2D eigenvalue weighted by Gasteiger charge is 2.89. The molecule has 0 radical (unpaired) electrons. The number of methoxy groups -OCH3 is 1. The number of ether oxygens (including phenoxy) is 1. The molecule has 150 valence electrons. The molecule has 17 heteroatoms. The fourth-order valence-electron chi connectivity index (χ4n) is 1.38. The summed E-state index contributed by atoms with van der Waals surface area (Å²) in [7, 11) is -0.472. The molecule has 0 aliphatic rings. The lowest BCUT2D eigenvalue weighted by atomic mass is 9.93. The molecular formula is C8H3F14NO2. The van der Waals surface area contributed by atoms with Gasteiger partial charge in [-0.3, -0.25) is 4.79 Å². The molecule has 25 heavy (non-hydrogen) atoms. The van der Waals surface area contributed by atoms with E-state index >= 15 is 0 Å². The molecule has 0 saturated carbocycles. The Labute approximate surface area is 127 Å². The van der Waals surface area contributed by atoms with Crippen LogP contribution in [0.3, 0.4) is 0 Å². The van der Waals surface area contributed by atoms with E-state index in [1.54, 1.807) is 0 Å². The van der Waals surface area contributed by atoms with Gasteiger partial charge in [-0.2, -0.15) is 57.1 Å². The van der Waals surface area contributed by atoms with Gasteiger partial charge in [-0.05, 0) is 0 Å². The molecule has 0 fully saturated rings. The molecule has 0 N–H and O–H groups in total. The molecule has 3 nitrogen and oxygen atoms in total. The summed E-state index contributed by atoms with van der Waals surface area (Å²) in [6.45, 7) is 0. The zero-order valence-corrected chi connectivity index (χ0v) is 11.1. The van der Waals surface area contributed by atoms with Crippen LogP contribution in [0.1, 0.15) is 0 Å². The monoisotopic (exact) mass is 411 g/mol. The summed E-state index contributed by atoms with van der Waals surface area (Å²) in [5.41, 5.74) is -7.65. The lowest BCUT2D eigenvalue weighted by molar-refractivity contribution is -0.478. The van der Waals surface area contributed by atoms with Crippen molar-refractivity contribution in [3.05, 3.63) is 0 Å². The molecule has 0 saturated heterocycles. The molecule has 0 aliphatic heterocycles. The minimum absolute atomic E-state index is 0.472. The van der Waals surface area contributed by atoms with Gasteiger partial charge in [0.05, 0.1) is 0 Å². The van der Waals surface area contributed by atoms with Crippen LogP contribution in [0.2, 0.25) is 0 Å². The number of carbonyl (C=O) groups excluding carboxylic acids is 1. The topological polar surface area (TPSA) is 29.5 Å². The summed E-state index contributed by atoms with van der Waals surface area (Å²) in [6.07, 6.45) is -21.5. The molecule has 0 bridgehead atoms. The van der Waals surface area contributed by atoms with Gasteiger partial charge in [0.1, 0.15) is 0 Å². The summed E-state index contributed by atoms with van der Waals surface area (Å²) < 4.78 is 180. The number of halogens is 14. The van der Waals surface area contributed by atoms with Crippen LogP contribution in [0.15, 0.2) is 0 Å². The standard InChI is InChI=1S/C8H3F14NO2/c1-25-6(15,16)4(11,12)3(10,2(9)24)5(13,14)23(7(17,18)19)8(20,21)22/h1H3. The molecule has 0 aromatic rings. The highest BCUT2D eigenvalue weighted by atomic mass is 19.4. The number of hydrogen-bond donors (Lipinski definition) is 0. The van der Waals surface area contributed by atoms with E-state index in [1.807, 2.05) is 0 Å². The van der Waals surface area contributed by atoms with E-state index < -0.39 is 54.4 Å². The van der Waals surface area contributed by atoms with Crippen molar-refractivity contribution in [2.75, 3.05) is 7.11 Å². The maximum absolute atomic E-state index is 13.6. The molecule has 1 unspecified atom stereocenters. The Balaban J connectivity index is 6.86. The Hall–Kier alpha value is -1.39. The Morgan fingerprint density at radius 1 is 0.760 bits per heavy atom. The summed E-state index contributed by atoms with van der Waals surface area (Å²) in [5.74, 6) is -7.52. The predicted octanol–water partition coefficient (Wildman–Crippen LogP) is 4.00. The zero-order chi connectivity index (χ0) is 20.9. The van der Waals surface area contributed by atoms with E-state index in [9.17, 15) is 66.3 Å². The van der Waals surface area contributed by atoms with Crippen LogP contribution < -0.4 is 0 Å². The van der Waals surface area contributed by atoms with Crippen LogP contribution in [0.4, 0.5) is 61.5 Å². The molecule has 0 aliphatic carbocycles. The molecule has 0 rings (SSSR count). The quantitative estimate of drug-likeness (QED) is 0.376. The minimum Gasteiger partial charge on any atom is -0.319 e. The SMILES string of the molecule is COC(F)(F)C(F)(F)C(F)(C(=O)F)C(F)(F)N(C(F)(F)F)C(F)(F)F. The second-order valence-corrected chi connectivity index (χ2v) is 4.04. The summed E-state index contributed by atoms with van der Waals surface area (Å²) in [6, 6.07) is -12.9. The molecular weight excluding hydrogens is 408 g/mol. The van der Waals surface area contributed by atoms with Crippen LogP contribution in [-0.4, -0.2) is 54.4 Å². The second kappa shape index (κ2) is 6.10. The van der Waals surface area contributed by atoms with Gasteiger partial charge in [0.25, 0.3) is 0 Å². The fraction of sp³-hybridized carbons (Fsp3) is 0.875. The highest BCUT2D eigenvalue weighted by molar-refractivity contribution is 5.81. The number of hydrogen-bond acceptors (Lipinski definition) is 3. The molecule has 0 spiro atoms. The summed E-state index contributed by atoms with van der Waals surface area (Å²) >= 11 is 0. The lowest BCUT2D eigenvalue weighted by Gasteiger charge is -2.42. The van der Waals surface area contributed by atoms with E-state index in [4.69, 9.17) is 0 Å². The summed E-state index contributed by atoms with van der Waals surface area (Å²) in [4.78, 5) is 5.87. The van der Waals surface area contributed by atoms with Crippen molar-refractivity contribution in [2.45, 2.75) is 36.3 Å². The van der Waals surface area contributed by atoms with Crippen molar-refractivity contribution in [3.8, 4) is 0 Å². The first kappa shape index (κ1) is 23.6. The van der Waals surface area contributed by atoms with Crippen molar-refractivity contribution >= 4 is 6.04 Å². The van der Waals surface area contributed by atoms with Crippen LogP contribution in [0.25, 0.3) is 0 Å². The number of alkyl halides is 13. The Morgan fingerprint density at radius 3 is 1.28 bits per heavy atom. The maximum Gasteiger partial charge on any atom is 0.472 e. The first-order chi connectivity index (χ1) is 10.6. The lowest BCUT2D eigenvalue weighted by Crippen LogP contribution is -2.75. The molecule has 0 heterocycles. The van der Waals surface area contributed by atoms with Crippen molar-refractivity contribution in [3.63, 3.8) is 0 Å². The molecule has 1 atom stereocenters. The highest BCUT2D eigenvalue weighted by Crippen LogP contribution is 2.57. The van der Waals surface area contributed by atoms with Crippen molar-refractivity contribution in [2.24, 2.45) is 0 Å². The Morgan fingerprint density at radius 2 is 1.08 bits per heavy atom. The number of nitrogens with zero attached hydrogens (tertiary/aromatic N) is 1. The molecule has 0 aromatic heterocycles. The largest absolute Gasteiger partial charge is 0.472 e.